The molecule has 1 aliphatic rings. The van der Waals surface area contributed by atoms with Gasteiger partial charge in [-0.1, -0.05) is 101 Å². The van der Waals surface area contributed by atoms with Gasteiger partial charge in [-0.3, -0.25) is 13.9 Å². The van der Waals surface area contributed by atoms with E-state index in [2.05, 4.69) is 21.2 Å². The SMILES string of the molecule is O=C(NC1CCCC1)[C@H](Cc1ccccc1)N(Cc1cccc(Cl)c1)C(=O)CN(c1ccc(Br)cc1)S(=O)(=O)c1ccccc1. The predicted octanol–water partition coefficient (Wildman–Crippen LogP) is 7.00. The summed E-state index contributed by atoms with van der Waals surface area (Å²) >= 11 is 9.73. The Bertz CT molecular complexity index is 1700. The number of carbonyl (C=O) groups is 2. The zero-order valence-electron chi connectivity index (χ0n) is 24.7. The van der Waals surface area contributed by atoms with E-state index in [0.29, 0.717) is 10.7 Å². The van der Waals surface area contributed by atoms with Crippen LogP contribution in [0, 0.1) is 0 Å². The summed E-state index contributed by atoms with van der Waals surface area (Å²) in [5.41, 5.74) is 1.94. The predicted molar refractivity (Wildman–Crippen MR) is 181 cm³/mol. The van der Waals surface area contributed by atoms with Crippen molar-refractivity contribution >= 4 is 55.1 Å². The molecule has 1 saturated carbocycles. The number of carbonyl (C=O) groups excluding carboxylic acids is 2. The van der Waals surface area contributed by atoms with E-state index in [1.54, 1.807) is 60.7 Å². The Kier molecular flexibility index (Phi) is 11.0. The molecule has 1 aliphatic carbocycles. The molecule has 234 valence electrons. The molecule has 0 unspecified atom stereocenters. The van der Waals surface area contributed by atoms with E-state index < -0.39 is 28.5 Å². The Hall–Kier alpha value is -3.66. The third kappa shape index (κ3) is 8.54. The van der Waals surface area contributed by atoms with Crippen LogP contribution < -0.4 is 9.62 Å². The second kappa shape index (κ2) is 15.1. The molecule has 45 heavy (non-hydrogen) atoms. The smallest absolute Gasteiger partial charge is 0.264 e. The molecule has 5 rings (SSSR count). The minimum Gasteiger partial charge on any atom is -0.352 e. The first-order chi connectivity index (χ1) is 21.7. The molecule has 0 bridgehead atoms. The molecule has 0 heterocycles. The standard InChI is InChI=1S/C35H35BrClN3O4S/c36-28-18-20-31(21-19-28)40(45(43,44)32-16-5-2-6-17-32)25-34(41)39(24-27-12-9-13-29(37)22-27)33(23-26-10-3-1-4-11-26)35(42)38-30-14-7-8-15-30/h1-6,9-13,16-22,30,33H,7-8,14-15,23-25H2,(H,38,42)/t33-/m0/s1. The topological polar surface area (TPSA) is 86.8 Å². The highest BCUT2D eigenvalue weighted by Crippen LogP contribution is 2.27. The average molecular weight is 709 g/mol. The van der Waals surface area contributed by atoms with Gasteiger partial charge in [-0.2, -0.15) is 0 Å². The van der Waals surface area contributed by atoms with Crippen LogP contribution in [0.3, 0.4) is 0 Å². The summed E-state index contributed by atoms with van der Waals surface area (Å²) in [4.78, 5) is 30.1. The molecule has 4 aromatic carbocycles. The number of benzene rings is 4. The minimum atomic E-state index is -4.15. The summed E-state index contributed by atoms with van der Waals surface area (Å²) < 4.78 is 30.0. The zero-order chi connectivity index (χ0) is 31.8. The number of nitrogens with one attached hydrogen (secondary N) is 1. The summed E-state index contributed by atoms with van der Waals surface area (Å²) in [5, 5.41) is 3.68. The second-order valence-electron chi connectivity index (χ2n) is 11.1. The highest BCUT2D eigenvalue weighted by atomic mass is 79.9. The first-order valence-corrected chi connectivity index (χ1v) is 17.5. The zero-order valence-corrected chi connectivity index (χ0v) is 27.8. The number of sulfonamides is 1. The quantitative estimate of drug-likeness (QED) is 0.172. The third-order valence-electron chi connectivity index (χ3n) is 7.94. The molecular weight excluding hydrogens is 674 g/mol. The summed E-state index contributed by atoms with van der Waals surface area (Å²) in [5.74, 6) is -0.776. The van der Waals surface area contributed by atoms with Gasteiger partial charge in [-0.25, -0.2) is 8.42 Å². The lowest BCUT2D eigenvalue weighted by molar-refractivity contribution is -0.140. The van der Waals surface area contributed by atoms with Crippen LogP contribution in [0.5, 0.6) is 0 Å². The Morgan fingerprint density at radius 1 is 0.844 bits per heavy atom. The van der Waals surface area contributed by atoms with Crippen LogP contribution in [0.4, 0.5) is 5.69 Å². The highest BCUT2D eigenvalue weighted by Gasteiger charge is 2.35. The molecule has 0 radical (unpaired) electrons. The van der Waals surface area contributed by atoms with Gasteiger partial charge in [0.05, 0.1) is 10.6 Å². The van der Waals surface area contributed by atoms with Gasteiger partial charge in [-0.05, 0) is 72.5 Å². The number of hydrogen-bond acceptors (Lipinski definition) is 4. The molecule has 0 aromatic heterocycles. The van der Waals surface area contributed by atoms with Crippen molar-refractivity contribution in [2.24, 2.45) is 0 Å². The lowest BCUT2D eigenvalue weighted by Gasteiger charge is -2.34. The van der Waals surface area contributed by atoms with Crippen molar-refractivity contribution in [3.05, 3.63) is 130 Å². The maximum atomic E-state index is 14.5. The molecular formula is C35H35BrClN3O4S. The van der Waals surface area contributed by atoms with Crippen molar-refractivity contribution in [2.75, 3.05) is 10.8 Å². The fourth-order valence-corrected chi connectivity index (χ4v) is 7.52. The van der Waals surface area contributed by atoms with Gasteiger partial charge in [0.25, 0.3) is 10.0 Å². The Labute approximate surface area is 278 Å². The van der Waals surface area contributed by atoms with Gasteiger partial charge >= 0.3 is 0 Å². The van der Waals surface area contributed by atoms with E-state index in [0.717, 1.165) is 45.6 Å². The number of halogens is 2. The molecule has 1 N–H and O–H groups in total. The van der Waals surface area contributed by atoms with Gasteiger partial charge in [0.15, 0.2) is 0 Å². The minimum absolute atomic E-state index is 0.0385. The summed E-state index contributed by atoms with van der Waals surface area (Å²) in [6, 6.07) is 30.6. The van der Waals surface area contributed by atoms with Gasteiger partial charge in [-0.15, -0.1) is 0 Å². The first-order valence-electron chi connectivity index (χ1n) is 14.9. The molecule has 0 spiro atoms. The second-order valence-corrected chi connectivity index (χ2v) is 14.4. The Balaban J connectivity index is 1.56. The van der Waals surface area contributed by atoms with E-state index >= 15 is 0 Å². The van der Waals surface area contributed by atoms with Crippen LogP contribution in [0.15, 0.2) is 119 Å². The van der Waals surface area contributed by atoms with Gasteiger partial charge in [0.2, 0.25) is 11.8 Å². The molecule has 10 heteroatoms. The molecule has 0 saturated heterocycles. The van der Waals surface area contributed by atoms with Crippen molar-refractivity contribution in [2.45, 2.75) is 55.6 Å². The lowest BCUT2D eigenvalue weighted by atomic mass is 10.0. The number of hydrogen-bond donors (Lipinski definition) is 1. The van der Waals surface area contributed by atoms with E-state index in [4.69, 9.17) is 11.6 Å². The molecule has 1 atom stereocenters. The van der Waals surface area contributed by atoms with Crippen LogP contribution in [-0.4, -0.2) is 43.8 Å². The summed E-state index contributed by atoms with van der Waals surface area (Å²) in [6.07, 6.45) is 4.12. The monoisotopic (exact) mass is 707 g/mol. The largest absolute Gasteiger partial charge is 0.352 e. The molecule has 0 aliphatic heterocycles. The summed E-state index contributed by atoms with van der Waals surface area (Å²) in [7, 11) is -4.15. The van der Waals surface area contributed by atoms with Gasteiger partial charge < -0.3 is 10.2 Å². The fourth-order valence-electron chi connectivity index (χ4n) is 5.61. The Morgan fingerprint density at radius 3 is 2.11 bits per heavy atom. The van der Waals surface area contributed by atoms with Gasteiger partial charge in [0.1, 0.15) is 12.6 Å². The third-order valence-corrected chi connectivity index (χ3v) is 10.5. The molecule has 1 fully saturated rings. The summed E-state index contributed by atoms with van der Waals surface area (Å²) in [6.45, 7) is -0.448. The highest BCUT2D eigenvalue weighted by molar-refractivity contribution is 9.10. The molecule has 4 aromatic rings. The van der Waals surface area contributed by atoms with Crippen LogP contribution in [0.25, 0.3) is 0 Å². The van der Waals surface area contributed by atoms with Crippen molar-refractivity contribution < 1.29 is 18.0 Å². The van der Waals surface area contributed by atoms with E-state index in [-0.39, 0.29) is 29.8 Å². The van der Waals surface area contributed by atoms with Crippen LogP contribution in [-0.2, 0) is 32.6 Å². The molecule has 7 nitrogen and oxygen atoms in total. The number of amides is 2. The normalized spacial score (nSPS) is 14.1. The number of anilines is 1. The van der Waals surface area contributed by atoms with Crippen molar-refractivity contribution in [1.82, 2.24) is 10.2 Å². The molecule has 2 amide bonds. The van der Waals surface area contributed by atoms with E-state index in [1.165, 1.54) is 17.0 Å². The van der Waals surface area contributed by atoms with Crippen molar-refractivity contribution in [1.29, 1.82) is 0 Å². The van der Waals surface area contributed by atoms with Crippen LogP contribution >= 0.6 is 27.5 Å². The van der Waals surface area contributed by atoms with Gasteiger partial charge in [0, 0.05) is 28.5 Å². The fraction of sp³-hybridized carbons (Fsp3) is 0.257. The number of rotatable bonds is 12. The maximum absolute atomic E-state index is 14.5. The van der Waals surface area contributed by atoms with E-state index in [1.807, 2.05) is 36.4 Å². The lowest BCUT2D eigenvalue weighted by Crippen LogP contribution is -2.54. The first kappa shape index (κ1) is 32.7. The maximum Gasteiger partial charge on any atom is 0.264 e. The van der Waals surface area contributed by atoms with Crippen LogP contribution in [0.2, 0.25) is 5.02 Å². The van der Waals surface area contributed by atoms with E-state index in [9.17, 15) is 18.0 Å². The average Bonchev–Trinajstić information content (AvgIpc) is 3.56. The van der Waals surface area contributed by atoms with Crippen molar-refractivity contribution in [3.63, 3.8) is 0 Å². The Morgan fingerprint density at radius 2 is 1.47 bits per heavy atom. The van der Waals surface area contributed by atoms with Crippen LogP contribution in [0.1, 0.15) is 36.8 Å². The number of nitrogens with zero attached hydrogens (tertiary/aromatic N) is 2. The van der Waals surface area contributed by atoms with Crippen molar-refractivity contribution in [3.8, 4) is 0 Å².